The Balaban J connectivity index is 1.32. The van der Waals surface area contributed by atoms with Gasteiger partial charge in [-0.15, -0.1) is 0 Å². The molecule has 2 heterocycles. The number of halogens is 1. The van der Waals surface area contributed by atoms with Crippen LogP contribution in [0.15, 0.2) is 59.1 Å². The topological polar surface area (TPSA) is 62.5 Å². The second-order valence-electron chi connectivity index (χ2n) is 7.26. The Morgan fingerprint density at radius 2 is 1.86 bits per heavy atom. The molecule has 2 aromatic carbocycles. The molecule has 0 bridgehead atoms. The molecule has 6 nitrogen and oxygen atoms in total. The van der Waals surface area contributed by atoms with Crippen molar-refractivity contribution < 1.29 is 9.32 Å². The highest BCUT2D eigenvalue weighted by molar-refractivity contribution is 6.30. The molecule has 0 unspecified atom stereocenters. The largest absolute Gasteiger partial charge is 0.340 e. The van der Waals surface area contributed by atoms with Crippen LogP contribution in [0.25, 0.3) is 11.5 Å². The standard InChI is InChI=1S/C22H23ClN4O2/c1-16(17-6-3-2-4-7-17)22(28)27-12-10-26(11-13-27)15-20-24-21(29-25-20)18-8-5-9-19(23)14-18/h2-9,14,16H,10-13,15H2,1H3/t16-/m1/s1. The van der Waals surface area contributed by atoms with Gasteiger partial charge in [-0.05, 0) is 30.7 Å². The minimum Gasteiger partial charge on any atom is -0.340 e. The van der Waals surface area contributed by atoms with Gasteiger partial charge in [-0.1, -0.05) is 53.2 Å². The highest BCUT2D eigenvalue weighted by Crippen LogP contribution is 2.22. The van der Waals surface area contributed by atoms with Crippen LogP contribution in [0.4, 0.5) is 0 Å². The van der Waals surface area contributed by atoms with Crippen LogP contribution in [0.5, 0.6) is 0 Å². The van der Waals surface area contributed by atoms with E-state index < -0.39 is 0 Å². The summed E-state index contributed by atoms with van der Waals surface area (Å²) in [6.45, 7) is 5.55. The Morgan fingerprint density at radius 1 is 1.10 bits per heavy atom. The van der Waals surface area contributed by atoms with Gasteiger partial charge in [-0.25, -0.2) is 0 Å². The van der Waals surface area contributed by atoms with Crippen molar-refractivity contribution in [2.75, 3.05) is 26.2 Å². The van der Waals surface area contributed by atoms with E-state index >= 15 is 0 Å². The summed E-state index contributed by atoms with van der Waals surface area (Å²) in [6, 6.07) is 17.3. The van der Waals surface area contributed by atoms with Crippen molar-refractivity contribution in [1.29, 1.82) is 0 Å². The van der Waals surface area contributed by atoms with Crippen LogP contribution in [0, 0.1) is 0 Å². The van der Waals surface area contributed by atoms with Crippen molar-refractivity contribution in [3.8, 4) is 11.5 Å². The molecule has 1 amide bonds. The van der Waals surface area contributed by atoms with Gasteiger partial charge in [0.2, 0.25) is 5.91 Å². The lowest BCUT2D eigenvalue weighted by Gasteiger charge is -2.35. The van der Waals surface area contributed by atoms with Crippen molar-refractivity contribution >= 4 is 17.5 Å². The predicted octanol–water partition coefficient (Wildman–Crippen LogP) is 3.84. The fraction of sp³-hybridized carbons (Fsp3) is 0.318. The van der Waals surface area contributed by atoms with E-state index in [1.807, 2.05) is 60.4 Å². The molecule has 1 fully saturated rings. The Kier molecular flexibility index (Phi) is 5.92. The van der Waals surface area contributed by atoms with Gasteiger partial charge in [0.25, 0.3) is 5.89 Å². The van der Waals surface area contributed by atoms with E-state index in [0.29, 0.717) is 36.4 Å². The third-order valence-electron chi connectivity index (χ3n) is 5.26. The number of benzene rings is 2. The molecule has 0 N–H and O–H groups in total. The van der Waals surface area contributed by atoms with Gasteiger partial charge in [0.1, 0.15) is 0 Å². The van der Waals surface area contributed by atoms with E-state index in [1.165, 1.54) is 0 Å². The zero-order valence-electron chi connectivity index (χ0n) is 16.3. The van der Waals surface area contributed by atoms with Crippen molar-refractivity contribution in [2.45, 2.75) is 19.4 Å². The molecule has 0 aliphatic carbocycles. The first-order valence-corrected chi connectivity index (χ1v) is 10.1. The molecule has 1 saturated heterocycles. The van der Waals surface area contributed by atoms with E-state index in [4.69, 9.17) is 16.1 Å². The molecule has 0 spiro atoms. The summed E-state index contributed by atoms with van der Waals surface area (Å²) in [5.41, 5.74) is 1.86. The number of amides is 1. The van der Waals surface area contributed by atoms with Crippen LogP contribution < -0.4 is 0 Å². The van der Waals surface area contributed by atoms with Crippen molar-refractivity contribution in [3.63, 3.8) is 0 Å². The zero-order valence-corrected chi connectivity index (χ0v) is 17.0. The van der Waals surface area contributed by atoms with Crippen LogP contribution in [-0.4, -0.2) is 52.0 Å². The van der Waals surface area contributed by atoms with Gasteiger partial charge in [-0.2, -0.15) is 4.98 Å². The Morgan fingerprint density at radius 3 is 2.59 bits per heavy atom. The lowest BCUT2D eigenvalue weighted by atomic mass is 9.99. The van der Waals surface area contributed by atoms with Crippen molar-refractivity contribution in [2.24, 2.45) is 0 Å². The summed E-state index contributed by atoms with van der Waals surface area (Å²) in [6.07, 6.45) is 0. The molecule has 7 heteroatoms. The van der Waals surface area contributed by atoms with Gasteiger partial charge < -0.3 is 9.42 Å². The van der Waals surface area contributed by atoms with Crippen LogP contribution in [0.2, 0.25) is 5.02 Å². The first-order valence-electron chi connectivity index (χ1n) is 9.75. The Bertz CT molecular complexity index is 968. The number of piperazine rings is 1. The number of nitrogens with zero attached hydrogens (tertiary/aromatic N) is 4. The fourth-order valence-corrected chi connectivity index (χ4v) is 3.73. The minimum absolute atomic E-state index is 0.125. The third kappa shape index (κ3) is 4.66. The SMILES string of the molecule is C[C@@H](C(=O)N1CCN(Cc2noc(-c3cccc(Cl)c3)n2)CC1)c1ccccc1. The molecule has 1 aromatic heterocycles. The average molecular weight is 411 g/mol. The molecule has 29 heavy (non-hydrogen) atoms. The molecule has 0 saturated carbocycles. The van der Waals surface area contributed by atoms with E-state index in [0.717, 1.165) is 24.2 Å². The van der Waals surface area contributed by atoms with E-state index in [2.05, 4.69) is 15.0 Å². The van der Waals surface area contributed by atoms with E-state index in [9.17, 15) is 4.79 Å². The van der Waals surface area contributed by atoms with Crippen molar-refractivity contribution in [1.82, 2.24) is 19.9 Å². The summed E-state index contributed by atoms with van der Waals surface area (Å²) >= 11 is 6.03. The Hall–Kier alpha value is -2.70. The van der Waals surface area contributed by atoms with Crippen LogP contribution >= 0.6 is 11.6 Å². The molecule has 1 aliphatic heterocycles. The van der Waals surface area contributed by atoms with E-state index in [-0.39, 0.29) is 11.8 Å². The molecule has 3 aromatic rings. The summed E-state index contributed by atoms with van der Waals surface area (Å²) in [5, 5.41) is 4.72. The van der Waals surface area contributed by atoms with Gasteiger partial charge >= 0.3 is 0 Å². The normalized spacial score (nSPS) is 16.0. The van der Waals surface area contributed by atoms with Gasteiger partial charge in [0.15, 0.2) is 5.82 Å². The molecule has 0 radical (unpaired) electrons. The quantitative estimate of drug-likeness (QED) is 0.639. The number of aromatic nitrogens is 2. The van der Waals surface area contributed by atoms with Gasteiger partial charge in [-0.3, -0.25) is 9.69 Å². The van der Waals surface area contributed by atoms with Crippen LogP contribution in [-0.2, 0) is 11.3 Å². The predicted molar refractivity (Wildman–Crippen MR) is 111 cm³/mol. The maximum Gasteiger partial charge on any atom is 0.258 e. The number of hydrogen-bond donors (Lipinski definition) is 0. The monoisotopic (exact) mass is 410 g/mol. The van der Waals surface area contributed by atoms with Crippen molar-refractivity contribution in [3.05, 3.63) is 71.0 Å². The summed E-state index contributed by atoms with van der Waals surface area (Å²) in [7, 11) is 0. The second kappa shape index (κ2) is 8.76. The zero-order chi connectivity index (χ0) is 20.2. The molecular formula is C22H23ClN4O2. The molecule has 150 valence electrons. The lowest BCUT2D eigenvalue weighted by molar-refractivity contribution is -0.134. The fourth-order valence-electron chi connectivity index (χ4n) is 3.54. The summed E-state index contributed by atoms with van der Waals surface area (Å²) in [5.74, 6) is 1.16. The number of rotatable bonds is 5. The molecule has 4 rings (SSSR count). The highest BCUT2D eigenvalue weighted by atomic mass is 35.5. The Labute approximate surface area is 175 Å². The number of carbonyl (C=O) groups is 1. The van der Waals surface area contributed by atoms with Crippen LogP contribution in [0.1, 0.15) is 24.2 Å². The maximum absolute atomic E-state index is 12.8. The minimum atomic E-state index is -0.125. The first-order chi connectivity index (χ1) is 14.1. The second-order valence-corrected chi connectivity index (χ2v) is 7.70. The molecular weight excluding hydrogens is 388 g/mol. The van der Waals surface area contributed by atoms with Gasteiger partial charge in [0.05, 0.1) is 12.5 Å². The highest BCUT2D eigenvalue weighted by Gasteiger charge is 2.26. The molecule has 1 atom stereocenters. The van der Waals surface area contributed by atoms with Crippen LogP contribution in [0.3, 0.4) is 0 Å². The molecule has 1 aliphatic rings. The lowest BCUT2D eigenvalue weighted by Crippen LogP contribution is -2.49. The smallest absolute Gasteiger partial charge is 0.258 e. The third-order valence-corrected chi connectivity index (χ3v) is 5.49. The average Bonchev–Trinajstić information content (AvgIpc) is 3.22. The summed E-state index contributed by atoms with van der Waals surface area (Å²) in [4.78, 5) is 21.5. The summed E-state index contributed by atoms with van der Waals surface area (Å²) < 4.78 is 5.38. The maximum atomic E-state index is 12.8. The van der Waals surface area contributed by atoms with Gasteiger partial charge in [0, 0.05) is 36.8 Å². The first kappa shape index (κ1) is 19.6. The number of carbonyl (C=O) groups excluding carboxylic acids is 1. The number of hydrogen-bond acceptors (Lipinski definition) is 5. The van der Waals surface area contributed by atoms with E-state index in [1.54, 1.807) is 6.07 Å².